The third-order valence-electron chi connectivity index (χ3n) is 2.42. The maximum Gasteiger partial charge on any atom is 0.316 e. The second-order valence-electron chi connectivity index (χ2n) is 3.99. The Bertz CT molecular complexity index is 558. The number of alkyl halides is 2. The van der Waals surface area contributed by atoms with Crippen LogP contribution in [0.1, 0.15) is 23.1 Å². The Hall–Kier alpha value is -2.11. The van der Waals surface area contributed by atoms with Crippen molar-refractivity contribution in [3.8, 4) is 6.01 Å². The van der Waals surface area contributed by atoms with Crippen molar-refractivity contribution >= 4 is 0 Å². The normalized spacial score (nSPS) is 10.8. The molecule has 1 aromatic heterocycles. The maximum atomic E-state index is 13.1. The zero-order chi connectivity index (χ0) is 13.8. The highest BCUT2D eigenvalue weighted by atomic mass is 19.3. The van der Waals surface area contributed by atoms with Crippen LogP contribution in [0.15, 0.2) is 30.6 Å². The van der Waals surface area contributed by atoms with Crippen LogP contribution in [0.3, 0.4) is 0 Å². The minimum atomic E-state index is -2.85. The lowest BCUT2D eigenvalue weighted by atomic mass is 10.1. The summed E-state index contributed by atoms with van der Waals surface area (Å²) in [4.78, 5) is 7.83. The zero-order valence-electron chi connectivity index (χ0n) is 10.1. The van der Waals surface area contributed by atoms with Crippen molar-refractivity contribution in [2.75, 3.05) is 0 Å². The van der Waals surface area contributed by atoms with E-state index in [-0.39, 0.29) is 12.6 Å². The van der Waals surface area contributed by atoms with E-state index in [0.717, 1.165) is 17.7 Å². The molecule has 0 saturated heterocycles. The molecule has 0 bridgehead atoms. The summed E-state index contributed by atoms with van der Waals surface area (Å²) in [7, 11) is 0. The SMILES string of the molecule is Cc1cnc(OCc2ccc(F)c(C(F)F)c2)nc1. The molecule has 0 amide bonds. The second kappa shape index (κ2) is 5.69. The van der Waals surface area contributed by atoms with E-state index in [1.807, 2.05) is 6.92 Å². The first-order valence-electron chi connectivity index (χ1n) is 5.54. The van der Waals surface area contributed by atoms with Crippen LogP contribution in [0.4, 0.5) is 13.2 Å². The quantitative estimate of drug-likeness (QED) is 0.852. The zero-order valence-corrected chi connectivity index (χ0v) is 10.1. The number of rotatable bonds is 4. The van der Waals surface area contributed by atoms with Gasteiger partial charge in [-0.05, 0) is 30.2 Å². The Morgan fingerprint density at radius 2 is 1.89 bits per heavy atom. The Balaban J connectivity index is 2.07. The lowest BCUT2D eigenvalue weighted by Gasteiger charge is -2.07. The topological polar surface area (TPSA) is 35.0 Å². The fraction of sp³-hybridized carbons (Fsp3) is 0.231. The largest absolute Gasteiger partial charge is 0.459 e. The number of benzene rings is 1. The van der Waals surface area contributed by atoms with Gasteiger partial charge in [-0.2, -0.15) is 0 Å². The van der Waals surface area contributed by atoms with E-state index >= 15 is 0 Å². The number of aryl methyl sites for hydroxylation is 1. The Kier molecular flexibility index (Phi) is 3.99. The highest BCUT2D eigenvalue weighted by molar-refractivity contribution is 5.25. The molecular weight excluding hydrogens is 257 g/mol. The van der Waals surface area contributed by atoms with Gasteiger partial charge in [0, 0.05) is 12.4 Å². The van der Waals surface area contributed by atoms with Crippen molar-refractivity contribution in [1.29, 1.82) is 0 Å². The highest BCUT2D eigenvalue weighted by Crippen LogP contribution is 2.23. The molecule has 0 N–H and O–H groups in total. The van der Waals surface area contributed by atoms with Crippen LogP contribution in [0.25, 0.3) is 0 Å². The van der Waals surface area contributed by atoms with E-state index in [2.05, 4.69) is 9.97 Å². The second-order valence-corrected chi connectivity index (χ2v) is 3.99. The molecule has 0 radical (unpaired) electrons. The predicted octanol–water partition coefficient (Wildman–Crippen LogP) is 3.44. The molecule has 6 heteroatoms. The summed E-state index contributed by atoms with van der Waals surface area (Å²) in [5.41, 5.74) is 0.681. The Morgan fingerprint density at radius 1 is 1.21 bits per heavy atom. The summed E-state index contributed by atoms with van der Waals surface area (Å²) in [5, 5.41) is 0. The van der Waals surface area contributed by atoms with Crippen LogP contribution >= 0.6 is 0 Å². The van der Waals surface area contributed by atoms with E-state index in [1.165, 1.54) is 6.07 Å². The lowest BCUT2D eigenvalue weighted by molar-refractivity contribution is 0.146. The minimum absolute atomic E-state index is 0.00304. The average Bonchev–Trinajstić information content (AvgIpc) is 2.39. The first-order chi connectivity index (χ1) is 9.06. The number of nitrogens with zero attached hydrogens (tertiary/aromatic N) is 2. The van der Waals surface area contributed by atoms with Crippen LogP contribution in [0.2, 0.25) is 0 Å². The molecule has 0 aliphatic heterocycles. The van der Waals surface area contributed by atoms with Crippen molar-refractivity contribution in [3.05, 3.63) is 53.1 Å². The lowest BCUT2D eigenvalue weighted by Crippen LogP contribution is -2.01. The molecule has 100 valence electrons. The number of halogens is 3. The van der Waals surface area contributed by atoms with Gasteiger partial charge in [0.1, 0.15) is 12.4 Å². The summed E-state index contributed by atoms with van der Waals surface area (Å²) < 4.78 is 43.3. The predicted molar refractivity (Wildman–Crippen MR) is 62.5 cm³/mol. The van der Waals surface area contributed by atoms with E-state index in [1.54, 1.807) is 12.4 Å². The van der Waals surface area contributed by atoms with Gasteiger partial charge in [-0.1, -0.05) is 6.07 Å². The van der Waals surface area contributed by atoms with Gasteiger partial charge in [0.25, 0.3) is 6.43 Å². The van der Waals surface area contributed by atoms with Gasteiger partial charge in [-0.15, -0.1) is 0 Å². The summed E-state index contributed by atoms with van der Waals surface area (Å²) >= 11 is 0. The first kappa shape index (κ1) is 13.3. The van der Waals surface area contributed by atoms with E-state index in [9.17, 15) is 13.2 Å². The molecule has 0 spiro atoms. The molecule has 3 nitrogen and oxygen atoms in total. The molecule has 2 aromatic rings. The van der Waals surface area contributed by atoms with Crippen LogP contribution in [0, 0.1) is 12.7 Å². The smallest absolute Gasteiger partial charge is 0.316 e. The molecule has 0 aliphatic carbocycles. The molecule has 0 unspecified atom stereocenters. The molecule has 2 rings (SSSR count). The van der Waals surface area contributed by atoms with Gasteiger partial charge in [0.2, 0.25) is 0 Å². The summed E-state index contributed by atoms with van der Waals surface area (Å²) in [5.74, 6) is -0.926. The summed E-state index contributed by atoms with van der Waals surface area (Å²) in [6, 6.07) is 3.60. The van der Waals surface area contributed by atoms with Crippen LogP contribution in [-0.4, -0.2) is 9.97 Å². The Morgan fingerprint density at radius 3 is 2.53 bits per heavy atom. The van der Waals surface area contributed by atoms with Crippen molar-refractivity contribution in [2.45, 2.75) is 20.0 Å². The summed E-state index contributed by atoms with van der Waals surface area (Å²) in [6.07, 6.45) is 0.311. The monoisotopic (exact) mass is 268 g/mol. The van der Waals surface area contributed by atoms with Gasteiger partial charge in [-0.25, -0.2) is 23.1 Å². The molecule has 0 atom stereocenters. The fourth-order valence-corrected chi connectivity index (χ4v) is 1.45. The van der Waals surface area contributed by atoms with Gasteiger partial charge in [0.15, 0.2) is 0 Å². The third kappa shape index (κ3) is 3.43. The Labute approximate surface area is 108 Å². The minimum Gasteiger partial charge on any atom is -0.459 e. The van der Waals surface area contributed by atoms with Crippen LogP contribution in [0.5, 0.6) is 6.01 Å². The van der Waals surface area contributed by atoms with E-state index in [0.29, 0.717) is 5.56 Å². The summed E-state index contributed by atoms with van der Waals surface area (Å²) in [6.45, 7) is 1.84. The van der Waals surface area contributed by atoms with E-state index in [4.69, 9.17) is 4.74 Å². The molecular formula is C13H11F3N2O. The van der Waals surface area contributed by atoms with Crippen molar-refractivity contribution in [1.82, 2.24) is 9.97 Å². The third-order valence-corrected chi connectivity index (χ3v) is 2.42. The van der Waals surface area contributed by atoms with E-state index < -0.39 is 17.8 Å². The van der Waals surface area contributed by atoms with Gasteiger partial charge >= 0.3 is 6.01 Å². The number of aromatic nitrogens is 2. The van der Waals surface area contributed by atoms with Crippen LogP contribution < -0.4 is 4.74 Å². The number of hydrogen-bond acceptors (Lipinski definition) is 3. The molecule has 0 fully saturated rings. The van der Waals surface area contributed by atoms with Crippen molar-refractivity contribution in [2.24, 2.45) is 0 Å². The average molecular weight is 268 g/mol. The van der Waals surface area contributed by atoms with Gasteiger partial charge in [0.05, 0.1) is 5.56 Å². The maximum absolute atomic E-state index is 13.1. The van der Waals surface area contributed by atoms with Crippen LogP contribution in [-0.2, 0) is 6.61 Å². The molecule has 1 aromatic carbocycles. The van der Waals surface area contributed by atoms with Crippen molar-refractivity contribution < 1.29 is 17.9 Å². The van der Waals surface area contributed by atoms with Crippen molar-refractivity contribution in [3.63, 3.8) is 0 Å². The molecule has 0 aliphatic rings. The number of ether oxygens (including phenoxy) is 1. The van der Waals surface area contributed by atoms with Gasteiger partial charge in [-0.3, -0.25) is 0 Å². The molecule has 19 heavy (non-hydrogen) atoms. The highest BCUT2D eigenvalue weighted by Gasteiger charge is 2.13. The molecule has 1 heterocycles. The first-order valence-corrected chi connectivity index (χ1v) is 5.54. The van der Waals surface area contributed by atoms with Gasteiger partial charge < -0.3 is 4.74 Å². The standard InChI is InChI=1S/C13H11F3N2O/c1-8-5-17-13(18-6-8)19-7-9-2-3-11(14)10(4-9)12(15)16/h2-6,12H,7H2,1H3. The fourth-order valence-electron chi connectivity index (χ4n) is 1.45. The number of hydrogen-bond donors (Lipinski definition) is 0. The molecule has 0 saturated carbocycles.